The van der Waals surface area contributed by atoms with E-state index in [1.165, 1.54) is 5.56 Å². The topological polar surface area (TPSA) is 38.3 Å². The molecule has 22 heavy (non-hydrogen) atoms. The summed E-state index contributed by atoms with van der Waals surface area (Å²) in [5.41, 5.74) is 1.41. The van der Waals surface area contributed by atoms with Crippen LogP contribution in [0.25, 0.3) is 0 Å². The quantitative estimate of drug-likeness (QED) is 0.885. The van der Waals surface area contributed by atoms with E-state index in [4.69, 9.17) is 16.3 Å². The Bertz CT molecular complexity index is 653. The van der Waals surface area contributed by atoms with Gasteiger partial charge in [0.05, 0.1) is 5.02 Å². The number of ether oxygens (including phenoxy) is 1. The molecule has 1 aliphatic rings. The van der Waals surface area contributed by atoms with Crippen LogP contribution in [0.15, 0.2) is 54.6 Å². The fraction of sp³-hybridized carbons (Fsp3) is 0.278. The van der Waals surface area contributed by atoms with Crippen LogP contribution in [-0.4, -0.2) is 19.1 Å². The third-order valence-corrected chi connectivity index (χ3v) is 4.37. The van der Waals surface area contributed by atoms with Crippen molar-refractivity contribution in [2.24, 2.45) is 0 Å². The van der Waals surface area contributed by atoms with Crippen LogP contribution in [0.4, 0.5) is 0 Å². The summed E-state index contributed by atoms with van der Waals surface area (Å²) >= 11 is 5.99. The molecule has 1 N–H and O–H groups in total. The Hall–Kier alpha value is -2.00. The average Bonchev–Trinajstić information content (AvgIpc) is 3.34. The Labute approximate surface area is 135 Å². The highest BCUT2D eigenvalue weighted by molar-refractivity contribution is 6.32. The predicted octanol–water partition coefficient (Wildman–Crippen LogP) is 3.57. The minimum Gasteiger partial charge on any atom is -0.482 e. The van der Waals surface area contributed by atoms with E-state index in [9.17, 15) is 4.79 Å². The van der Waals surface area contributed by atoms with Crippen molar-refractivity contribution in [3.05, 3.63) is 65.2 Å². The Balaban J connectivity index is 1.50. The number of hydrogen-bond donors (Lipinski definition) is 1. The van der Waals surface area contributed by atoms with Gasteiger partial charge in [-0.2, -0.15) is 0 Å². The molecule has 3 nitrogen and oxygen atoms in total. The number of hydrogen-bond acceptors (Lipinski definition) is 2. The van der Waals surface area contributed by atoms with Gasteiger partial charge in [0.15, 0.2) is 6.61 Å². The Kier molecular flexibility index (Phi) is 4.34. The van der Waals surface area contributed by atoms with Gasteiger partial charge < -0.3 is 10.1 Å². The molecule has 1 aliphatic carbocycles. The first-order valence-electron chi connectivity index (χ1n) is 7.39. The summed E-state index contributed by atoms with van der Waals surface area (Å²) < 4.78 is 5.45. The van der Waals surface area contributed by atoms with Gasteiger partial charge in [-0.3, -0.25) is 4.79 Å². The van der Waals surface area contributed by atoms with E-state index in [-0.39, 0.29) is 17.9 Å². The zero-order valence-electron chi connectivity index (χ0n) is 12.2. The molecule has 1 amide bonds. The molecule has 114 valence electrons. The number of rotatable bonds is 6. The number of benzene rings is 2. The van der Waals surface area contributed by atoms with Gasteiger partial charge in [-0.15, -0.1) is 0 Å². The largest absolute Gasteiger partial charge is 0.482 e. The lowest BCUT2D eigenvalue weighted by molar-refractivity contribution is -0.123. The van der Waals surface area contributed by atoms with E-state index in [2.05, 4.69) is 17.4 Å². The summed E-state index contributed by atoms with van der Waals surface area (Å²) in [6.07, 6.45) is 2.23. The summed E-state index contributed by atoms with van der Waals surface area (Å²) in [5.74, 6) is 0.408. The lowest BCUT2D eigenvalue weighted by atomic mass is 9.96. The molecule has 0 unspecified atom stereocenters. The number of carbonyl (C=O) groups is 1. The molecule has 2 aromatic rings. The Morgan fingerprint density at radius 1 is 1.09 bits per heavy atom. The van der Waals surface area contributed by atoms with Gasteiger partial charge in [0.2, 0.25) is 0 Å². The lowest BCUT2D eigenvalue weighted by Crippen LogP contribution is -2.35. The van der Waals surface area contributed by atoms with Gasteiger partial charge in [-0.1, -0.05) is 54.1 Å². The highest BCUT2D eigenvalue weighted by atomic mass is 35.5. The molecule has 4 heteroatoms. The minimum absolute atomic E-state index is 0.0192. The molecule has 0 bridgehead atoms. The van der Waals surface area contributed by atoms with E-state index in [1.54, 1.807) is 12.1 Å². The Morgan fingerprint density at radius 2 is 1.77 bits per heavy atom. The highest BCUT2D eigenvalue weighted by Gasteiger charge is 2.44. The first-order chi connectivity index (χ1) is 10.7. The number of carbonyl (C=O) groups excluding carboxylic acids is 1. The van der Waals surface area contributed by atoms with E-state index in [0.29, 0.717) is 17.3 Å². The molecule has 0 heterocycles. The molecule has 3 rings (SSSR count). The van der Waals surface area contributed by atoms with Gasteiger partial charge in [0, 0.05) is 12.0 Å². The van der Waals surface area contributed by atoms with Crippen molar-refractivity contribution in [2.45, 2.75) is 18.3 Å². The highest BCUT2D eigenvalue weighted by Crippen LogP contribution is 2.47. The second-order valence-corrected chi connectivity index (χ2v) is 6.05. The molecular formula is C18H18ClNO2. The maximum Gasteiger partial charge on any atom is 0.257 e. The molecular weight excluding hydrogens is 298 g/mol. The van der Waals surface area contributed by atoms with Crippen LogP contribution in [0.3, 0.4) is 0 Å². The number of halogens is 1. The molecule has 1 fully saturated rings. The Morgan fingerprint density at radius 3 is 2.45 bits per heavy atom. The van der Waals surface area contributed by atoms with Crippen LogP contribution >= 0.6 is 11.6 Å². The molecule has 0 aliphatic heterocycles. The second-order valence-electron chi connectivity index (χ2n) is 5.64. The first-order valence-corrected chi connectivity index (χ1v) is 7.77. The maximum absolute atomic E-state index is 12.0. The van der Waals surface area contributed by atoms with Crippen molar-refractivity contribution < 1.29 is 9.53 Å². The van der Waals surface area contributed by atoms with Crippen molar-refractivity contribution in [1.29, 1.82) is 0 Å². The normalized spacial score (nSPS) is 15.1. The number of amides is 1. The minimum atomic E-state index is -0.123. The van der Waals surface area contributed by atoms with Crippen LogP contribution < -0.4 is 10.1 Å². The van der Waals surface area contributed by atoms with Crippen LogP contribution in [0, 0.1) is 0 Å². The molecule has 0 radical (unpaired) electrons. The van der Waals surface area contributed by atoms with Crippen LogP contribution in [0.2, 0.25) is 5.02 Å². The molecule has 1 saturated carbocycles. The smallest absolute Gasteiger partial charge is 0.257 e. The standard InChI is InChI=1S/C18H18ClNO2/c19-15-8-4-5-9-16(15)22-12-17(21)20-13-18(10-11-18)14-6-2-1-3-7-14/h1-9H,10-13H2,(H,20,21). The SMILES string of the molecule is O=C(COc1ccccc1Cl)NCC1(c2ccccc2)CC1. The van der Waals surface area contributed by atoms with Crippen molar-refractivity contribution in [1.82, 2.24) is 5.32 Å². The third-order valence-electron chi connectivity index (χ3n) is 4.06. The molecule has 0 atom stereocenters. The summed E-state index contributed by atoms with van der Waals surface area (Å²) in [6.45, 7) is 0.635. The van der Waals surface area contributed by atoms with Crippen molar-refractivity contribution in [3.8, 4) is 5.75 Å². The lowest BCUT2D eigenvalue weighted by Gasteiger charge is -2.16. The molecule has 0 spiro atoms. The van der Waals surface area contributed by atoms with Crippen LogP contribution in [-0.2, 0) is 10.2 Å². The van der Waals surface area contributed by atoms with Crippen molar-refractivity contribution >= 4 is 17.5 Å². The third kappa shape index (κ3) is 3.42. The monoisotopic (exact) mass is 315 g/mol. The van der Waals surface area contributed by atoms with E-state index >= 15 is 0 Å². The van der Waals surface area contributed by atoms with Gasteiger partial charge >= 0.3 is 0 Å². The zero-order valence-corrected chi connectivity index (χ0v) is 13.0. The van der Waals surface area contributed by atoms with Crippen molar-refractivity contribution in [3.63, 3.8) is 0 Å². The summed E-state index contributed by atoms with van der Waals surface area (Å²) in [5, 5.41) is 3.48. The summed E-state index contributed by atoms with van der Waals surface area (Å²) in [7, 11) is 0. The van der Waals surface area contributed by atoms with E-state index in [1.807, 2.05) is 30.3 Å². The zero-order chi connectivity index (χ0) is 15.4. The summed E-state index contributed by atoms with van der Waals surface area (Å²) in [6, 6.07) is 17.5. The fourth-order valence-electron chi connectivity index (χ4n) is 2.53. The molecule has 0 saturated heterocycles. The van der Waals surface area contributed by atoms with E-state index < -0.39 is 0 Å². The van der Waals surface area contributed by atoms with Crippen molar-refractivity contribution in [2.75, 3.05) is 13.2 Å². The number of nitrogens with one attached hydrogen (secondary N) is 1. The summed E-state index contributed by atoms with van der Waals surface area (Å²) in [4.78, 5) is 12.0. The van der Waals surface area contributed by atoms with Gasteiger partial charge in [-0.25, -0.2) is 0 Å². The molecule has 0 aromatic heterocycles. The van der Waals surface area contributed by atoms with Crippen LogP contribution in [0.5, 0.6) is 5.75 Å². The van der Waals surface area contributed by atoms with E-state index in [0.717, 1.165) is 12.8 Å². The number of para-hydroxylation sites is 1. The predicted molar refractivity (Wildman–Crippen MR) is 87.3 cm³/mol. The average molecular weight is 316 g/mol. The van der Waals surface area contributed by atoms with Gasteiger partial charge in [-0.05, 0) is 30.5 Å². The van der Waals surface area contributed by atoms with Crippen LogP contribution in [0.1, 0.15) is 18.4 Å². The first kappa shape index (κ1) is 14.9. The molecule has 2 aromatic carbocycles. The second kappa shape index (κ2) is 6.41. The van der Waals surface area contributed by atoms with Gasteiger partial charge in [0.25, 0.3) is 5.91 Å². The van der Waals surface area contributed by atoms with Gasteiger partial charge in [0.1, 0.15) is 5.75 Å². The fourth-order valence-corrected chi connectivity index (χ4v) is 2.72. The maximum atomic E-state index is 12.0.